The number of rotatable bonds is 17. The number of aliphatic hydroxyl groups is 1. The molecule has 0 unspecified atom stereocenters. The van der Waals surface area contributed by atoms with Crippen LogP contribution in [0.2, 0.25) is 0 Å². The van der Waals surface area contributed by atoms with Gasteiger partial charge in [0.15, 0.2) is 0 Å². The van der Waals surface area contributed by atoms with Crippen LogP contribution in [0.4, 0.5) is 17.1 Å². The number of benzene rings is 3. The van der Waals surface area contributed by atoms with Crippen LogP contribution in [0.3, 0.4) is 0 Å². The van der Waals surface area contributed by atoms with Gasteiger partial charge in [0, 0.05) is 66.4 Å². The molecule has 0 amide bonds. The van der Waals surface area contributed by atoms with Crippen molar-refractivity contribution in [1.29, 1.82) is 0 Å². The Kier molecular flexibility index (Phi) is 22.7. The van der Waals surface area contributed by atoms with Crippen LogP contribution in [0.5, 0.6) is 0 Å². The highest BCUT2D eigenvalue weighted by atomic mass is 32.2. The molecule has 0 fully saturated rings. The average Bonchev–Trinajstić information content (AvgIpc) is 3.41. The first-order valence-corrected chi connectivity index (χ1v) is 20.7. The largest absolute Gasteiger partial charge is 0.400 e. The van der Waals surface area contributed by atoms with Gasteiger partial charge in [-0.3, -0.25) is 38.7 Å². The molecular weight excluding hydrogens is 809 g/mol. The Balaban J connectivity index is 0.000000433. The highest BCUT2D eigenvalue weighted by Crippen LogP contribution is 2.22. The normalized spacial score (nSPS) is 11.8. The molecule has 0 saturated carbocycles. The summed E-state index contributed by atoms with van der Waals surface area (Å²) in [5, 5.41) is 49.2. The third kappa shape index (κ3) is 20.4. The predicted molar refractivity (Wildman–Crippen MR) is 212 cm³/mol. The SMILES string of the molecule is CO.CS(=O)(=O)OCCc1cc([N+](=O)[O-])ccc1CCN=[N+]=[N-].CS(=O)(=O)OCCc1ccc([N+](=O)[O-])cc1CCN=[N+]=[N-].O=[N+]([O-])c1ccc2c(c1)CCNCC2. The van der Waals surface area contributed by atoms with E-state index >= 15 is 0 Å². The minimum absolute atomic E-state index is 0.0504. The van der Waals surface area contributed by atoms with Crippen molar-refractivity contribution in [3.63, 3.8) is 0 Å². The van der Waals surface area contributed by atoms with Crippen LogP contribution in [-0.2, 0) is 67.1 Å². The van der Waals surface area contributed by atoms with E-state index in [1.807, 2.05) is 6.07 Å². The number of nitrogens with zero attached hydrogens (tertiary/aromatic N) is 9. The van der Waals surface area contributed by atoms with Gasteiger partial charge in [0.05, 0.1) is 40.5 Å². The Morgan fingerprint density at radius 1 is 0.638 bits per heavy atom. The van der Waals surface area contributed by atoms with Crippen molar-refractivity contribution >= 4 is 37.3 Å². The number of hydrogen-bond acceptors (Lipinski definition) is 16. The van der Waals surface area contributed by atoms with E-state index in [9.17, 15) is 47.2 Å². The van der Waals surface area contributed by atoms with Gasteiger partial charge in [-0.15, -0.1) is 0 Å². The second-order valence-corrected chi connectivity index (χ2v) is 15.1. The van der Waals surface area contributed by atoms with E-state index < -0.39 is 30.1 Å². The Morgan fingerprint density at radius 2 is 1.02 bits per heavy atom. The first-order chi connectivity index (χ1) is 27.4. The number of azide groups is 2. The molecular formula is C33H44N10O13S2. The monoisotopic (exact) mass is 852 g/mol. The number of aliphatic hydroxyl groups excluding tert-OH is 1. The van der Waals surface area contributed by atoms with Gasteiger partial charge in [-0.1, -0.05) is 28.4 Å². The third-order valence-electron chi connectivity index (χ3n) is 7.77. The molecule has 0 aliphatic carbocycles. The predicted octanol–water partition coefficient (Wildman–Crippen LogP) is 4.82. The summed E-state index contributed by atoms with van der Waals surface area (Å²) in [6.45, 7) is 2.10. The number of hydrogen-bond donors (Lipinski definition) is 2. The minimum Gasteiger partial charge on any atom is -0.400 e. The summed E-state index contributed by atoms with van der Waals surface area (Å²) in [5.74, 6) is 0. The van der Waals surface area contributed by atoms with Gasteiger partial charge in [-0.25, -0.2) is 0 Å². The van der Waals surface area contributed by atoms with E-state index in [4.69, 9.17) is 16.2 Å². The van der Waals surface area contributed by atoms with Gasteiger partial charge in [0.25, 0.3) is 37.3 Å². The molecule has 0 aromatic heterocycles. The summed E-state index contributed by atoms with van der Waals surface area (Å²) < 4.78 is 52.9. The van der Waals surface area contributed by atoms with Gasteiger partial charge in [0.2, 0.25) is 0 Å². The molecule has 2 N–H and O–H groups in total. The van der Waals surface area contributed by atoms with Gasteiger partial charge >= 0.3 is 0 Å². The summed E-state index contributed by atoms with van der Waals surface area (Å²) in [7, 11) is -6.08. The van der Waals surface area contributed by atoms with Crippen LogP contribution in [-0.4, -0.2) is 95.7 Å². The molecule has 3 aromatic rings. The summed E-state index contributed by atoms with van der Waals surface area (Å²) in [4.78, 5) is 36.0. The lowest BCUT2D eigenvalue weighted by Gasteiger charge is -2.08. The average molecular weight is 853 g/mol. The Bertz CT molecular complexity index is 2180. The van der Waals surface area contributed by atoms with Crippen LogP contribution < -0.4 is 5.32 Å². The molecule has 1 heterocycles. The van der Waals surface area contributed by atoms with Crippen molar-refractivity contribution in [3.8, 4) is 0 Å². The molecule has 25 heteroatoms. The van der Waals surface area contributed by atoms with Crippen molar-refractivity contribution in [2.75, 3.05) is 59.0 Å². The lowest BCUT2D eigenvalue weighted by Crippen LogP contribution is -2.16. The van der Waals surface area contributed by atoms with Crippen molar-refractivity contribution in [3.05, 3.63) is 139 Å². The second kappa shape index (κ2) is 26.2. The fraction of sp³-hybridized carbons (Fsp3) is 0.455. The molecule has 23 nitrogen and oxygen atoms in total. The molecule has 58 heavy (non-hydrogen) atoms. The zero-order valence-corrected chi connectivity index (χ0v) is 33.5. The highest BCUT2D eigenvalue weighted by molar-refractivity contribution is 7.86. The van der Waals surface area contributed by atoms with Gasteiger partial charge in [-0.05, 0) is 96.1 Å². The molecule has 1 aliphatic heterocycles. The molecule has 3 aromatic carbocycles. The standard InChI is InChI=1S/2C11H14N4O5S.C10H12N2O2.CH4O/c1-21(18,19)20-7-5-9-2-3-11(15(16)17)8-10(9)4-6-13-14-12;1-21(18,19)20-7-5-10-8-11(15(16)17)3-2-9(10)4-6-13-14-12;13-12(14)10-2-1-8-3-5-11-6-4-9(8)7-10;1-2/h2*2-3,8H,4-7H2,1H3;1-2,7,11H,3-6H2;2H,1H3. The first-order valence-electron chi connectivity index (χ1n) is 17.1. The van der Waals surface area contributed by atoms with E-state index in [1.54, 1.807) is 24.3 Å². The number of nitro benzene ring substituents is 3. The summed E-state index contributed by atoms with van der Waals surface area (Å²) in [6.07, 6.45) is 4.98. The van der Waals surface area contributed by atoms with E-state index in [1.165, 1.54) is 29.8 Å². The van der Waals surface area contributed by atoms with Gasteiger partial charge in [-0.2, -0.15) is 16.8 Å². The summed E-state index contributed by atoms with van der Waals surface area (Å²) in [6, 6.07) is 13.7. The molecule has 316 valence electrons. The molecule has 0 spiro atoms. The second-order valence-electron chi connectivity index (χ2n) is 11.8. The van der Waals surface area contributed by atoms with Crippen molar-refractivity contribution in [2.45, 2.75) is 38.5 Å². The molecule has 0 radical (unpaired) electrons. The molecule has 4 rings (SSSR count). The Hall–Kier alpha value is -5.78. The van der Waals surface area contributed by atoms with Crippen LogP contribution in [0.25, 0.3) is 20.9 Å². The number of nitro groups is 3. The van der Waals surface area contributed by atoms with Gasteiger partial charge < -0.3 is 10.4 Å². The maximum Gasteiger partial charge on any atom is 0.269 e. The van der Waals surface area contributed by atoms with Crippen molar-refractivity contribution in [1.82, 2.24) is 5.32 Å². The smallest absolute Gasteiger partial charge is 0.269 e. The van der Waals surface area contributed by atoms with E-state index in [0.29, 0.717) is 24.0 Å². The lowest BCUT2D eigenvalue weighted by molar-refractivity contribution is -0.385. The van der Waals surface area contributed by atoms with Crippen molar-refractivity contribution in [2.24, 2.45) is 10.2 Å². The maximum atomic E-state index is 10.9. The molecule has 0 saturated heterocycles. The highest BCUT2D eigenvalue weighted by Gasteiger charge is 2.14. The Labute approximate surface area is 333 Å². The van der Waals surface area contributed by atoms with Crippen LogP contribution in [0.1, 0.15) is 33.4 Å². The molecule has 0 atom stereocenters. The topological polar surface area (TPSA) is 346 Å². The fourth-order valence-electron chi connectivity index (χ4n) is 5.21. The third-order valence-corrected chi connectivity index (χ3v) is 8.96. The van der Waals surface area contributed by atoms with Crippen LogP contribution in [0.15, 0.2) is 64.8 Å². The van der Waals surface area contributed by atoms with Crippen LogP contribution >= 0.6 is 0 Å². The Morgan fingerprint density at radius 3 is 1.47 bits per heavy atom. The van der Waals surface area contributed by atoms with E-state index in [-0.39, 0.29) is 61.1 Å². The fourth-order valence-corrected chi connectivity index (χ4v) is 5.99. The number of fused-ring (bicyclic) bond motifs is 1. The zero-order valence-electron chi connectivity index (χ0n) is 31.9. The molecule has 1 aliphatic rings. The quantitative estimate of drug-likeness (QED) is 0.0459. The van der Waals surface area contributed by atoms with Crippen molar-refractivity contribution < 1.29 is 45.1 Å². The maximum absolute atomic E-state index is 10.9. The van der Waals surface area contributed by atoms with Gasteiger partial charge in [0.1, 0.15) is 0 Å². The van der Waals surface area contributed by atoms with E-state index in [0.717, 1.165) is 62.2 Å². The number of nitrogens with one attached hydrogen (secondary N) is 1. The van der Waals surface area contributed by atoms with E-state index in [2.05, 4.69) is 33.7 Å². The first kappa shape index (κ1) is 50.2. The molecule has 0 bridgehead atoms. The lowest BCUT2D eigenvalue weighted by atomic mass is 10.0. The summed E-state index contributed by atoms with van der Waals surface area (Å²) >= 11 is 0. The van der Waals surface area contributed by atoms with Crippen LogP contribution in [0, 0.1) is 30.3 Å². The zero-order chi connectivity index (χ0) is 43.7. The summed E-state index contributed by atoms with van der Waals surface area (Å²) in [5.41, 5.74) is 21.6. The minimum atomic E-state index is -3.55. The number of non-ortho nitro benzene ring substituents is 3.